The summed E-state index contributed by atoms with van der Waals surface area (Å²) in [5.74, 6) is -2.04. The first-order chi connectivity index (χ1) is 18.9. The van der Waals surface area contributed by atoms with Crippen molar-refractivity contribution in [1.29, 1.82) is 0 Å². The molecular weight excluding hydrogens is 506 g/mol. The Morgan fingerprint density at radius 2 is 1.80 bits per heavy atom. The van der Waals surface area contributed by atoms with Crippen LogP contribution in [-0.2, 0) is 32.0 Å². The van der Waals surface area contributed by atoms with Crippen LogP contribution in [0.1, 0.15) is 84.3 Å². The molecule has 0 saturated carbocycles. The Morgan fingerprint density at radius 1 is 1.10 bits per heavy atom. The summed E-state index contributed by atoms with van der Waals surface area (Å²) in [7, 11) is 0. The summed E-state index contributed by atoms with van der Waals surface area (Å²) in [6, 6.07) is 5.94. The van der Waals surface area contributed by atoms with Gasteiger partial charge in [-0.15, -0.1) is 0 Å². The maximum atomic E-state index is 13.2. The number of rotatable bonds is 13. The maximum absolute atomic E-state index is 13.2. The van der Waals surface area contributed by atoms with Gasteiger partial charge in [-0.1, -0.05) is 51.5 Å². The number of carbonyl (C=O) groups excluding carboxylic acids is 4. The smallest absolute Gasteiger partial charge is 0.243 e. The molecular formula is C32H45N3O5. The molecule has 40 heavy (non-hydrogen) atoms. The van der Waals surface area contributed by atoms with Gasteiger partial charge in [0, 0.05) is 24.2 Å². The van der Waals surface area contributed by atoms with Gasteiger partial charge in [0.1, 0.15) is 12.2 Å². The van der Waals surface area contributed by atoms with Gasteiger partial charge >= 0.3 is 0 Å². The van der Waals surface area contributed by atoms with Crippen LogP contribution in [0.5, 0.6) is 0 Å². The minimum absolute atomic E-state index is 0.0190. The molecule has 2 atom stereocenters. The number of carbonyl (C=O) groups is 4. The Morgan fingerprint density at radius 3 is 2.45 bits per heavy atom. The zero-order valence-corrected chi connectivity index (χ0v) is 24.6. The number of amides is 3. The molecule has 0 fully saturated rings. The van der Waals surface area contributed by atoms with Crippen LogP contribution in [0.25, 0.3) is 0 Å². The van der Waals surface area contributed by atoms with E-state index in [0.29, 0.717) is 29.6 Å². The maximum Gasteiger partial charge on any atom is 0.243 e. The lowest BCUT2D eigenvalue weighted by Crippen LogP contribution is -2.30. The van der Waals surface area contributed by atoms with Gasteiger partial charge in [0.15, 0.2) is 0 Å². The first-order valence-corrected chi connectivity index (χ1v) is 14.0. The van der Waals surface area contributed by atoms with E-state index in [4.69, 9.17) is 5.21 Å². The molecule has 0 aromatic heterocycles. The van der Waals surface area contributed by atoms with Crippen LogP contribution in [-0.4, -0.2) is 29.2 Å². The van der Waals surface area contributed by atoms with Crippen molar-refractivity contribution in [2.45, 2.75) is 86.0 Å². The number of anilines is 1. The summed E-state index contributed by atoms with van der Waals surface area (Å²) < 4.78 is 0. The van der Waals surface area contributed by atoms with Crippen LogP contribution >= 0.6 is 0 Å². The summed E-state index contributed by atoms with van der Waals surface area (Å²) in [4.78, 5) is 49.5. The highest BCUT2D eigenvalue weighted by atomic mass is 16.5. The molecule has 2 unspecified atom stereocenters. The number of allylic oxidation sites excluding steroid dienone is 3. The molecule has 1 aliphatic carbocycles. The van der Waals surface area contributed by atoms with Crippen molar-refractivity contribution in [2.75, 3.05) is 5.32 Å². The molecule has 4 N–H and O–H groups in total. The van der Waals surface area contributed by atoms with Crippen LogP contribution in [0.4, 0.5) is 5.69 Å². The molecule has 1 aliphatic rings. The minimum Gasteiger partial charge on any atom is -0.326 e. The Labute approximate surface area is 238 Å². The lowest BCUT2D eigenvalue weighted by atomic mass is 9.79. The summed E-state index contributed by atoms with van der Waals surface area (Å²) >= 11 is 0. The average molecular weight is 552 g/mol. The fraction of sp³-hybridized carbons (Fsp3) is 0.500. The largest absolute Gasteiger partial charge is 0.326 e. The molecule has 1 aromatic rings. The molecule has 0 aliphatic heterocycles. The predicted molar refractivity (Wildman–Crippen MR) is 157 cm³/mol. The number of benzene rings is 1. The molecule has 0 bridgehead atoms. The highest BCUT2D eigenvalue weighted by Crippen LogP contribution is 2.31. The number of fused-ring (bicyclic) bond motifs is 1. The van der Waals surface area contributed by atoms with Gasteiger partial charge in [0.05, 0.1) is 0 Å². The van der Waals surface area contributed by atoms with E-state index < -0.39 is 11.8 Å². The van der Waals surface area contributed by atoms with E-state index in [1.165, 1.54) is 11.6 Å². The zero-order chi connectivity index (χ0) is 29.9. The van der Waals surface area contributed by atoms with Gasteiger partial charge in [-0.25, -0.2) is 5.48 Å². The number of nitrogens with one attached hydrogen (secondary N) is 3. The van der Waals surface area contributed by atoms with E-state index in [2.05, 4.69) is 23.3 Å². The molecule has 8 heteroatoms. The molecule has 0 saturated heterocycles. The van der Waals surface area contributed by atoms with Crippen molar-refractivity contribution in [1.82, 2.24) is 10.8 Å². The third-order valence-electron chi connectivity index (χ3n) is 7.49. The van der Waals surface area contributed by atoms with Crippen LogP contribution < -0.4 is 16.1 Å². The van der Waals surface area contributed by atoms with E-state index >= 15 is 0 Å². The van der Waals surface area contributed by atoms with Crippen molar-refractivity contribution in [3.63, 3.8) is 0 Å². The molecule has 0 radical (unpaired) electrons. The fourth-order valence-electron chi connectivity index (χ4n) is 5.47. The average Bonchev–Trinajstić information content (AvgIpc) is 3.14. The molecule has 8 nitrogen and oxygen atoms in total. The van der Waals surface area contributed by atoms with Crippen LogP contribution in [0.15, 0.2) is 53.8 Å². The van der Waals surface area contributed by atoms with Crippen LogP contribution in [0.3, 0.4) is 0 Å². The lowest BCUT2D eigenvalue weighted by molar-refractivity contribution is -0.130. The number of aldehydes is 1. The second-order valence-electron chi connectivity index (χ2n) is 11.7. The minimum atomic E-state index is -0.976. The first kappa shape index (κ1) is 32.7. The monoisotopic (exact) mass is 551 g/mol. The van der Waals surface area contributed by atoms with E-state index in [1.807, 2.05) is 32.9 Å². The Balaban J connectivity index is 2.12. The van der Waals surface area contributed by atoms with E-state index in [9.17, 15) is 19.2 Å². The molecule has 1 aromatic carbocycles. The second-order valence-corrected chi connectivity index (χ2v) is 11.7. The van der Waals surface area contributed by atoms with E-state index in [-0.39, 0.29) is 36.0 Å². The first-order valence-electron chi connectivity index (χ1n) is 14.0. The molecule has 218 valence electrons. The molecule has 0 heterocycles. The summed E-state index contributed by atoms with van der Waals surface area (Å²) in [6.45, 7) is 13.1. The number of hydrogen-bond donors (Lipinski definition) is 4. The van der Waals surface area contributed by atoms with Crippen LogP contribution in [0.2, 0.25) is 0 Å². The molecule has 2 rings (SSSR count). The van der Waals surface area contributed by atoms with Crippen LogP contribution in [0, 0.1) is 17.3 Å². The van der Waals surface area contributed by atoms with Gasteiger partial charge in [-0.05, 0) is 92.2 Å². The number of hydrogen-bond acceptors (Lipinski definition) is 5. The molecule has 0 spiro atoms. The van der Waals surface area contributed by atoms with Crippen molar-refractivity contribution in [3.05, 3.63) is 64.9 Å². The second kappa shape index (κ2) is 15.3. The van der Waals surface area contributed by atoms with E-state index in [0.717, 1.165) is 43.4 Å². The van der Waals surface area contributed by atoms with Crippen molar-refractivity contribution >= 4 is 29.7 Å². The Bertz CT molecular complexity index is 1170. The Kier molecular flexibility index (Phi) is 12.5. The molecule has 3 amide bonds. The third-order valence-corrected chi connectivity index (χ3v) is 7.49. The van der Waals surface area contributed by atoms with Crippen molar-refractivity contribution < 1.29 is 24.4 Å². The van der Waals surface area contributed by atoms with Gasteiger partial charge < -0.3 is 15.4 Å². The van der Waals surface area contributed by atoms with Gasteiger partial charge in [0.2, 0.25) is 17.7 Å². The third kappa shape index (κ3) is 9.90. The highest BCUT2D eigenvalue weighted by Gasteiger charge is 2.26. The van der Waals surface area contributed by atoms with Gasteiger partial charge in [0.25, 0.3) is 0 Å². The lowest BCUT2D eigenvalue weighted by Gasteiger charge is -2.27. The summed E-state index contributed by atoms with van der Waals surface area (Å²) in [6.07, 6.45) is 10.1. The SMILES string of the molecule is C=C/C(=C\C(C)=C(/C)C(C=O)C(=O)Nc1cccc2c1CCCCC2)NC(=O)CC(C)(C)CC(C)CC(=O)NO. The normalized spacial score (nSPS) is 15.9. The van der Waals surface area contributed by atoms with E-state index in [1.54, 1.807) is 25.4 Å². The quantitative estimate of drug-likeness (QED) is 0.0637. The van der Waals surface area contributed by atoms with Crippen molar-refractivity contribution in [2.24, 2.45) is 17.3 Å². The zero-order valence-electron chi connectivity index (χ0n) is 24.6. The number of hydroxylamine groups is 1. The Hall–Kier alpha value is -3.52. The number of aryl methyl sites for hydroxylation is 1. The standard InChI is InChI=1S/C32H45N3O5/c1-7-25(33-30(38)19-32(5,6)18-21(2)16-29(37)35-40)17-22(3)23(4)27(20-36)31(39)34-28-15-11-13-24-12-9-8-10-14-26(24)28/h7,11,13,15,17,20-21,27,40H,1,8-10,12,14,16,18-19H2,2-6H3,(H,33,38)(H,34,39)(H,35,37)/b23-22+,25-17+. The summed E-state index contributed by atoms with van der Waals surface area (Å²) in [5.41, 5.74) is 6.15. The topological polar surface area (TPSA) is 125 Å². The summed E-state index contributed by atoms with van der Waals surface area (Å²) in [5, 5.41) is 14.6. The predicted octanol–water partition coefficient (Wildman–Crippen LogP) is 5.57. The van der Waals surface area contributed by atoms with Gasteiger partial charge in [-0.3, -0.25) is 19.6 Å². The van der Waals surface area contributed by atoms with Gasteiger partial charge in [-0.2, -0.15) is 0 Å². The highest BCUT2D eigenvalue weighted by molar-refractivity contribution is 6.03. The van der Waals surface area contributed by atoms with Crippen molar-refractivity contribution in [3.8, 4) is 0 Å². The fourth-order valence-corrected chi connectivity index (χ4v) is 5.47.